The number of benzene rings is 4. The van der Waals surface area contributed by atoms with Gasteiger partial charge in [-0.3, -0.25) is 14.8 Å². The number of aldehydes is 1. The Hall–Kier alpha value is -6.11. The third-order valence-electron chi connectivity index (χ3n) is 8.46. The molecule has 4 aromatic heterocycles. The van der Waals surface area contributed by atoms with Crippen LogP contribution >= 0.6 is 46.4 Å². The minimum atomic E-state index is -0.593. The maximum atomic E-state index is 13.7. The van der Waals surface area contributed by atoms with Gasteiger partial charge in [0.2, 0.25) is 0 Å². The summed E-state index contributed by atoms with van der Waals surface area (Å²) >= 11 is 23.8. The summed E-state index contributed by atoms with van der Waals surface area (Å²) in [7, 11) is 0. The summed E-state index contributed by atoms with van der Waals surface area (Å²) in [5.41, 5.74) is 8.98. The zero-order chi connectivity index (χ0) is 42.6. The van der Waals surface area contributed by atoms with Crippen molar-refractivity contribution in [3.05, 3.63) is 187 Å². The van der Waals surface area contributed by atoms with Crippen LogP contribution < -0.4 is 11.1 Å². The lowest BCUT2D eigenvalue weighted by atomic mass is 9.96. The van der Waals surface area contributed by atoms with E-state index in [4.69, 9.17) is 52.1 Å². The Bertz CT molecular complexity index is 2740. The number of phenols is 2. The molecule has 4 heterocycles. The van der Waals surface area contributed by atoms with Gasteiger partial charge in [0.05, 0.1) is 23.5 Å². The normalized spacial score (nSPS) is 10.9. The molecule has 0 spiro atoms. The molecule has 0 saturated carbocycles. The molecular formula is C44H34Cl4F2N6O3. The smallest absolute Gasteiger partial charge is 0.151 e. The number of para-hydroxylation sites is 1. The number of nitrogens with one attached hydrogen (secondary N) is 1. The number of phenolic OH excluding ortho intramolecular Hbond substituents is 2. The van der Waals surface area contributed by atoms with E-state index in [9.17, 15) is 23.8 Å². The summed E-state index contributed by atoms with van der Waals surface area (Å²) < 4.78 is 26.0. The van der Waals surface area contributed by atoms with Crippen LogP contribution in [-0.2, 0) is 0 Å². The molecular weight excluding hydrogens is 840 g/mol. The molecule has 0 aliphatic carbocycles. The first-order valence-electron chi connectivity index (χ1n) is 17.5. The summed E-state index contributed by atoms with van der Waals surface area (Å²) in [6, 6.07) is 28.8. The topological polar surface area (TPSA) is 147 Å². The number of halogens is 6. The average molecular weight is 875 g/mol. The highest BCUT2D eigenvalue weighted by molar-refractivity contribution is 6.35. The van der Waals surface area contributed by atoms with Gasteiger partial charge in [-0.15, -0.1) is 0 Å². The number of fused-ring (bicyclic) bond motifs is 2. The molecule has 9 nitrogen and oxygen atoms in total. The first-order valence-corrected chi connectivity index (χ1v) is 19.0. The maximum Gasteiger partial charge on any atom is 0.151 e. The fraction of sp³-hybridized carbons (Fsp3) is 0.0682. The van der Waals surface area contributed by atoms with Crippen molar-refractivity contribution in [1.82, 2.24) is 19.9 Å². The molecule has 5 N–H and O–H groups in total. The average Bonchev–Trinajstić information content (AvgIpc) is 3.23. The Balaban J connectivity index is 0.000000179. The number of hydrogen-bond donors (Lipinski definition) is 4. The molecule has 59 heavy (non-hydrogen) atoms. The van der Waals surface area contributed by atoms with Crippen LogP contribution in [0, 0.1) is 25.5 Å². The van der Waals surface area contributed by atoms with E-state index in [1.165, 1.54) is 12.1 Å². The van der Waals surface area contributed by atoms with Gasteiger partial charge >= 0.3 is 0 Å². The number of pyridine rings is 4. The van der Waals surface area contributed by atoms with E-state index >= 15 is 0 Å². The molecule has 0 aliphatic heterocycles. The second-order valence-electron chi connectivity index (χ2n) is 12.6. The van der Waals surface area contributed by atoms with Gasteiger partial charge in [-0.25, -0.2) is 18.7 Å². The first kappa shape index (κ1) is 44.0. The fourth-order valence-electron chi connectivity index (χ4n) is 5.46. The molecule has 1 unspecified atom stereocenters. The number of anilines is 2. The summed E-state index contributed by atoms with van der Waals surface area (Å²) in [6.07, 6.45) is 6.22. The van der Waals surface area contributed by atoms with Gasteiger partial charge in [0.1, 0.15) is 45.8 Å². The minimum Gasteiger partial charge on any atom is -0.506 e. The number of hydrogen-bond acceptors (Lipinski definition) is 9. The van der Waals surface area contributed by atoms with E-state index in [1.807, 2.05) is 30.3 Å². The Labute approximate surface area is 358 Å². The number of aryl methyl sites for hydroxylation is 2. The first-order chi connectivity index (χ1) is 28.2. The predicted octanol–water partition coefficient (Wildman–Crippen LogP) is 12.1. The monoisotopic (exact) mass is 872 g/mol. The van der Waals surface area contributed by atoms with Crippen LogP contribution in [0.1, 0.15) is 38.7 Å². The standard InChI is InChI=1S/C22H16Cl2FN3O.C9H7NO.C7H4Cl2O.C6H7FN2/c1-12-9-19(27-11-18(12)25)28-21(16-10-14(23)5-7-17(16)24)15-6-4-13-3-2-8-26-20(13)22(15)29;11-8-5-1-3-7-4-2-6-10-9(7)8;8-6-1-2-7(9)5(3-6)4-10;1-4-2-6(8)9-3-5(4)7/h2-11,21,29H,1H3,(H,27,28);1-6,11H;1-4H;2-3H,1H3,(H2,8,9). The molecule has 0 fully saturated rings. The van der Waals surface area contributed by atoms with E-state index in [2.05, 4.69) is 25.3 Å². The minimum absolute atomic E-state index is 0.0236. The molecule has 15 heteroatoms. The number of nitrogen functional groups attached to an aromatic ring is 1. The SMILES string of the molecule is Cc1cc(N)ncc1F.Cc1cc(NC(c2cc(Cl)ccc2Cl)c2ccc3cccnc3c2O)ncc1F.O=Cc1cc(Cl)ccc1Cl.Oc1cccc2cccnc12. The molecule has 0 saturated heterocycles. The van der Waals surface area contributed by atoms with Gasteiger partial charge in [0, 0.05) is 49.4 Å². The highest BCUT2D eigenvalue weighted by Gasteiger charge is 2.23. The van der Waals surface area contributed by atoms with Crippen molar-refractivity contribution in [2.75, 3.05) is 11.1 Å². The molecule has 0 radical (unpaired) electrons. The van der Waals surface area contributed by atoms with Crippen LogP contribution in [0.5, 0.6) is 11.5 Å². The van der Waals surface area contributed by atoms with Crippen LogP contribution in [0.4, 0.5) is 20.4 Å². The van der Waals surface area contributed by atoms with Crippen molar-refractivity contribution >= 4 is 86.1 Å². The van der Waals surface area contributed by atoms with Crippen LogP contribution in [0.2, 0.25) is 20.1 Å². The molecule has 0 aliphatic rings. The molecule has 0 bridgehead atoms. The lowest BCUT2D eigenvalue weighted by Crippen LogP contribution is -2.14. The van der Waals surface area contributed by atoms with Crippen LogP contribution in [0.25, 0.3) is 21.8 Å². The Morgan fingerprint density at radius 1 is 0.661 bits per heavy atom. The largest absolute Gasteiger partial charge is 0.506 e. The lowest BCUT2D eigenvalue weighted by Gasteiger charge is -2.23. The molecule has 0 amide bonds. The Morgan fingerprint density at radius 2 is 1.25 bits per heavy atom. The van der Waals surface area contributed by atoms with Gasteiger partial charge in [-0.2, -0.15) is 0 Å². The second kappa shape index (κ2) is 20.5. The number of nitrogens with zero attached hydrogens (tertiary/aromatic N) is 4. The number of nitrogens with two attached hydrogens (primary N) is 1. The summed E-state index contributed by atoms with van der Waals surface area (Å²) in [5, 5.41) is 27.2. The molecule has 8 rings (SSSR count). The van der Waals surface area contributed by atoms with Crippen LogP contribution in [0.3, 0.4) is 0 Å². The Morgan fingerprint density at radius 3 is 1.86 bits per heavy atom. The Kier molecular flexibility index (Phi) is 15.3. The van der Waals surface area contributed by atoms with Crippen molar-refractivity contribution in [1.29, 1.82) is 0 Å². The highest BCUT2D eigenvalue weighted by Crippen LogP contribution is 2.39. The van der Waals surface area contributed by atoms with Gasteiger partial charge in [-0.05, 0) is 97.3 Å². The number of carbonyl (C=O) groups is 1. The van der Waals surface area contributed by atoms with E-state index in [1.54, 1.807) is 86.9 Å². The predicted molar refractivity (Wildman–Crippen MR) is 233 cm³/mol. The van der Waals surface area contributed by atoms with Gasteiger partial charge in [0.25, 0.3) is 0 Å². The lowest BCUT2D eigenvalue weighted by molar-refractivity contribution is 0.112. The van der Waals surface area contributed by atoms with Crippen molar-refractivity contribution < 1.29 is 23.8 Å². The third-order valence-corrected chi connectivity index (χ3v) is 9.62. The van der Waals surface area contributed by atoms with Gasteiger partial charge in [-0.1, -0.05) is 82.8 Å². The molecule has 300 valence electrons. The summed E-state index contributed by atoms with van der Waals surface area (Å²) in [5.74, 6) is 0.341. The molecule has 4 aromatic carbocycles. The van der Waals surface area contributed by atoms with Crippen molar-refractivity contribution in [2.24, 2.45) is 0 Å². The van der Waals surface area contributed by atoms with E-state index in [0.29, 0.717) is 76.9 Å². The number of carbonyl (C=O) groups excluding carboxylic acids is 1. The second-order valence-corrected chi connectivity index (χ2v) is 14.3. The van der Waals surface area contributed by atoms with Gasteiger partial charge < -0.3 is 21.3 Å². The van der Waals surface area contributed by atoms with E-state index in [0.717, 1.165) is 23.2 Å². The molecule has 1 atom stereocenters. The quantitative estimate of drug-likeness (QED) is 0.124. The van der Waals surface area contributed by atoms with E-state index in [-0.39, 0.29) is 17.3 Å². The van der Waals surface area contributed by atoms with Gasteiger partial charge in [0.15, 0.2) is 6.29 Å². The number of rotatable bonds is 5. The maximum absolute atomic E-state index is 13.7. The zero-order valence-corrected chi connectivity index (χ0v) is 34.2. The third kappa shape index (κ3) is 11.7. The summed E-state index contributed by atoms with van der Waals surface area (Å²) in [4.78, 5) is 26.2. The highest BCUT2D eigenvalue weighted by atomic mass is 35.5. The number of aromatic hydroxyl groups is 2. The summed E-state index contributed by atoms with van der Waals surface area (Å²) in [6.45, 7) is 3.30. The fourth-order valence-corrected chi connectivity index (χ4v) is 6.21. The van der Waals surface area contributed by atoms with Crippen molar-refractivity contribution in [2.45, 2.75) is 19.9 Å². The zero-order valence-electron chi connectivity index (χ0n) is 31.2. The van der Waals surface area contributed by atoms with Crippen molar-refractivity contribution in [3.63, 3.8) is 0 Å². The molecule has 8 aromatic rings. The van der Waals surface area contributed by atoms with Crippen LogP contribution in [-0.4, -0.2) is 36.4 Å². The van der Waals surface area contributed by atoms with Crippen molar-refractivity contribution in [3.8, 4) is 11.5 Å². The number of aromatic nitrogens is 4. The van der Waals surface area contributed by atoms with Crippen LogP contribution in [0.15, 0.2) is 128 Å². The van der Waals surface area contributed by atoms with E-state index < -0.39 is 11.9 Å².